The van der Waals surface area contributed by atoms with E-state index in [1.54, 1.807) is 0 Å². The molecule has 0 aliphatic heterocycles. The normalized spacial score (nSPS) is 10.3. The molecule has 1 amide bonds. The van der Waals surface area contributed by atoms with Gasteiger partial charge in [0.1, 0.15) is 24.7 Å². The zero-order valence-electron chi connectivity index (χ0n) is 16.1. The van der Waals surface area contributed by atoms with Crippen LogP contribution in [0.15, 0.2) is 48.5 Å². The van der Waals surface area contributed by atoms with Crippen LogP contribution < -0.4 is 14.8 Å². The van der Waals surface area contributed by atoms with E-state index in [4.69, 9.17) is 14.6 Å². The van der Waals surface area contributed by atoms with Crippen LogP contribution >= 0.6 is 0 Å². The fourth-order valence-corrected chi connectivity index (χ4v) is 2.63. The van der Waals surface area contributed by atoms with Crippen molar-refractivity contribution in [1.29, 1.82) is 0 Å². The number of hydrogen-bond donors (Lipinski definition) is 2. The van der Waals surface area contributed by atoms with Crippen molar-refractivity contribution in [2.75, 3.05) is 19.8 Å². The molecule has 2 rings (SSSR count). The van der Waals surface area contributed by atoms with Gasteiger partial charge in [-0.25, -0.2) is 0 Å². The maximum absolute atomic E-state index is 11.6. The van der Waals surface area contributed by atoms with Gasteiger partial charge in [0, 0.05) is 13.0 Å². The Morgan fingerprint density at radius 2 is 1.68 bits per heavy atom. The van der Waals surface area contributed by atoms with Crippen LogP contribution in [0.25, 0.3) is 0 Å². The highest BCUT2D eigenvalue weighted by molar-refractivity contribution is 5.80. The van der Waals surface area contributed by atoms with Crippen LogP contribution in [0, 0.1) is 0 Å². The molecule has 0 fully saturated rings. The molecule has 28 heavy (non-hydrogen) atoms. The highest BCUT2D eigenvalue weighted by Crippen LogP contribution is 2.18. The lowest BCUT2D eigenvalue weighted by atomic mass is 10.1. The lowest BCUT2D eigenvalue weighted by molar-refractivity contribution is -0.138. The Labute approximate surface area is 165 Å². The van der Waals surface area contributed by atoms with Crippen LogP contribution in [0.3, 0.4) is 0 Å². The molecule has 150 valence electrons. The average Bonchev–Trinajstić information content (AvgIpc) is 2.71. The lowest BCUT2D eigenvalue weighted by Crippen LogP contribution is -2.26. The molecule has 2 N–H and O–H groups in total. The van der Waals surface area contributed by atoms with Gasteiger partial charge >= 0.3 is 5.97 Å². The van der Waals surface area contributed by atoms with Crippen molar-refractivity contribution in [2.24, 2.45) is 0 Å². The molecule has 0 atom stereocenters. The third-order valence-electron chi connectivity index (χ3n) is 4.20. The average molecular weight is 385 g/mol. The molecule has 0 spiro atoms. The summed E-state index contributed by atoms with van der Waals surface area (Å²) in [4.78, 5) is 22.1. The van der Waals surface area contributed by atoms with Crippen molar-refractivity contribution < 1.29 is 24.2 Å². The molecule has 6 nitrogen and oxygen atoms in total. The summed E-state index contributed by atoms with van der Waals surface area (Å²) in [6.07, 6.45) is 1.44. The molecule has 6 heteroatoms. The number of amides is 1. The van der Waals surface area contributed by atoms with Gasteiger partial charge in [-0.15, -0.1) is 0 Å². The van der Waals surface area contributed by atoms with Crippen molar-refractivity contribution in [1.82, 2.24) is 5.32 Å². The quantitative estimate of drug-likeness (QED) is 0.548. The molecule has 0 aliphatic carbocycles. The van der Waals surface area contributed by atoms with E-state index in [1.165, 1.54) is 5.56 Å². The topological polar surface area (TPSA) is 84.9 Å². The molecule has 0 radical (unpaired) electrons. The SMILES string of the molecule is CCc1ccc(OCCOc2ccccc2CCNC(=O)CCC(=O)O)cc1. The molecular weight excluding hydrogens is 358 g/mol. The van der Waals surface area contributed by atoms with Gasteiger partial charge in [-0.3, -0.25) is 9.59 Å². The van der Waals surface area contributed by atoms with Gasteiger partial charge in [0.15, 0.2) is 0 Å². The summed E-state index contributed by atoms with van der Waals surface area (Å²) in [5.74, 6) is 0.339. The summed E-state index contributed by atoms with van der Waals surface area (Å²) in [5.41, 5.74) is 2.25. The van der Waals surface area contributed by atoms with Gasteiger partial charge in [-0.2, -0.15) is 0 Å². The van der Waals surface area contributed by atoms with Crippen LogP contribution in [-0.2, 0) is 22.4 Å². The van der Waals surface area contributed by atoms with E-state index in [0.717, 1.165) is 23.5 Å². The summed E-state index contributed by atoms with van der Waals surface area (Å²) < 4.78 is 11.5. The monoisotopic (exact) mass is 385 g/mol. The maximum atomic E-state index is 11.6. The third kappa shape index (κ3) is 7.70. The molecule has 0 heterocycles. The Morgan fingerprint density at radius 1 is 0.964 bits per heavy atom. The second kappa shape index (κ2) is 11.6. The predicted molar refractivity (Wildman–Crippen MR) is 107 cm³/mol. The zero-order chi connectivity index (χ0) is 20.2. The fraction of sp³-hybridized carbons (Fsp3) is 0.364. The summed E-state index contributed by atoms with van der Waals surface area (Å²) in [6.45, 7) is 3.39. The smallest absolute Gasteiger partial charge is 0.303 e. The summed E-state index contributed by atoms with van der Waals surface area (Å²) in [6, 6.07) is 15.7. The summed E-state index contributed by atoms with van der Waals surface area (Å²) in [7, 11) is 0. The van der Waals surface area contributed by atoms with E-state index in [9.17, 15) is 9.59 Å². The number of carboxylic acids is 1. The van der Waals surface area contributed by atoms with Crippen molar-refractivity contribution in [3.05, 3.63) is 59.7 Å². The summed E-state index contributed by atoms with van der Waals surface area (Å²) >= 11 is 0. The minimum Gasteiger partial charge on any atom is -0.490 e. The van der Waals surface area contributed by atoms with Gasteiger partial charge < -0.3 is 19.9 Å². The number of hydrogen-bond acceptors (Lipinski definition) is 4. The van der Waals surface area contributed by atoms with Gasteiger partial charge in [0.25, 0.3) is 0 Å². The lowest BCUT2D eigenvalue weighted by Gasteiger charge is -2.13. The second-order valence-electron chi connectivity index (χ2n) is 6.30. The Hall–Kier alpha value is -3.02. The van der Waals surface area contributed by atoms with Crippen LogP contribution in [0.4, 0.5) is 0 Å². The number of para-hydroxylation sites is 1. The molecule has 0 bridgehead atoms. The Morgan fingerprint density at radius 3 is 2.39 bits per heavy atom. The van der Waals surface area contributed by atoms with E-state index in [2.05, 4.69) is 24.4 Å². The van der Waals surface area contributed by atoms with Gasteiger partial charge in [-0.05, 0) is 42.2 Å². The molecule has 0 unspecified atom stereocenters. The van der Waals surface area contributed by atoms with Crippen LogP contribution in [0.5, 0.6) is 11.5 Å². The Kier molecular flexibility index (Phi) is 8.85. The third-order valence-corrected chi connectivity index (χ3v) is 4.20. The molecule has 0 saturated heterocycles. The first-order chi connectivity index (χ1) is 13.6. The van der Waals surface area contributed by atoms with Crippen molar-refractivity contribution in [3.8, 4) is 11.5 Å². The number of aliphatic carboxylic acids is 1. The fourth-order valence-electron chi connectivity index (χ4n) is 2.63. The molecule has 0 aliphatic rings. The first kappa shape index (κ1) is 21.3. The standard InChI is InChI=1S/C22H27NO5/c1-2-17-7-9-19(10-8-17)27-15-16-28-20-6-4-3-5-18(20)13-14-23-21(24)11-12-22(25)26/h3-10H,2,11-16H2,1H3,(H,23,24)(H,25,26). The second-order valence-corrected chi connectivity index (χ2v) is 6.30. The van der Waals surface area contributed by atoms with Gasteiger partial charge in [0.05, 0.1) is 6.42 Å². The number of carbonyl (C=O) groups is 2. The van der Waals surface area contributed by atoms with Crippen LogP contribution in [0.2, 0.25) is 0 Å². The first-order valence-electron chi connectivity index (χ1n) is 9.49. The Bertz CT molecular complexity index is 758. The van der Waals surface area contributed by atoms with Gasteiger partial charge in [0.2, 0.25) is 5.91 Å². The number of carboxylic acid groups (broad SMARTS) is 1. The van der Waals surface area contributed by atoms with E-state index in [0.29, 0.717) is 26.2 Å². The van der Waals surface area contributed by atoms with Crippen LogP contribution in [-0.4, -0.2) is 36.7 Å². The van der Waals surface area contributed by atoms with Crippen LogP contribution in [0.1, 0.15) is 30.9 Å². The van der Waals surface area contributed by atoms with Crippen molar-refractivity contribution in [3.63, 3.8) is 0 Å². The number of ether oxygens (including phenoxy) is 2. The molecular formula is C22H27NO5. The zero-order valence-corrected chi connectivity index (χ0v) is 16.1. The van der Waals surface area contributed by atoms with E-state index >= 15 is 0 Å². The highest BCUT2D eigenvalue weighted by atomic mass is 16.5. The number of aryl methyl sites for hydroxylation is 1. The van der Waals surface area contributed by atoms with E-state index in [1.807, 2.05) is 36.4 Å². The molecule has 0 saturated carbocycles. The number of benzene rings is 2. The first-order valence-corrected chi connectivity index (χ1v) is 9.49. The van der Waals surface area contributed by atoms with Gasteiger partial charge in [-0.1, -0.05) is 37.3 Å². The number of nitrogens with one attached hydrogen (secondary N) is 1. The number of carbonyl (C=O) groups excluding carboxylic acids is 1. The molecule has 2 aromatic rings. The summed E-state index contributed by atoms with van der Waals surface area (Å²) in [5, 5.41) is 11.3. The van der Waals surface area contributed by atoms with E-state index in [-0.39, 0.29) is 18.7 Å². The minimum absolute atomic E-state index is 0.00987. The predicted octanol–water partition coefficient (Wildman–Crippen LogP) is 3.23. The highest BCUT2D eigenvalue weighted by Gasteiger charge is 2.07. The van der Waals surface area contributed by atoms with Crippen molar-refractivity contribution in [2.45, 2.75) is 32.6 Å². The molecule has 0 aromatic heterocycles. The Balaban J connectivity index is 1.73. The number of rotatable bonds is 12. The van der Waals surface area contributed by atoms with Crippen molar-refractivity contribution >= 4 is 11.9 Å². The minimum atomic E-state index is -0.975. The van der Waals surface area contributed by atoms with E-state index < -0.39 is 5.97 Å². The molecule has 2 aromatic carbocycles. The largest absolute Gasteiger partial charge is 0.490 e. The maximum Gasteiger partial charge on any atom is 0.303 e.